The number of amides is 1. The molecule has 5 nitrogen and oxygen atoms in total. The molecule has 1 aliphatic heterocycles. The summed E-state index contributed by atoms with van der Waals surface area (Å²) in [7, 11) is 1.68. The summed E-state index contributed by atoms with van der Waals surface area (Å²) in [5, 5.41) is 3.05. The standard InChI is InChI=1S/C16H23N3O2/c1-3-8-17-13-16(20)19-11-9-18(10-12-19)14-6-4-5-7-15(14)21-2/h3-7,17H,1,8-13H2,2H3. The third kappa shape index (κ3) is 3.98. The Morgan fingerprint density at radius 2 is 2.05 bits per heavy atom. The second kappa shape index (κ2) is 7.69. The molecule has 1 fully saturated rings. The Balaban J connectivity index is 1.88. The van der Waals surface area contributed by atoms with Gasteiger partial charge in [-0.05, 0) is 12.1 Å². The highest BCUT2D eigenvalue weighted by Crippen LogP contribution is 2.28. The van der Waals surface area contributed by atoms with Gasteiger partial charge in [-0.2, -0.15) is 0 Å². The number of hydrogen-bond acceptors (Lipinski definition) is 4. The van der Waals surface area contributed by atoms with Crippen molar-refractivity contribution in [2.75, 3.05) is 51.3 Å². The maximum absolute atomic E-state index is 12.0. The van der Waals surface area contributed by atoms with Crippen molar-refractivity contribution < 1.29 is 9.53 Å². The van der Waals surface area contributed by atoms with Gasteiger partial charge in [0.05, 0.1) is 19.3 Å². The molecule has 0 atom stereocenters. The average Bonchev–Trinajstić information content (AvgIpc) is 2.55. The van der Waals surface area contributed by atoms with Gasteiger partial charge in [0.2, 0.25) is 5.91 Å². The van der Waals surface area contributed by atoms with E-state index >= 15 is 0 Å². The molecule has 5 heteroatoms. The molecule has 1 aromatic rings. The number of ether oxygens (including phenoxy) is 1. The minimum atomic E-state index is 0.150. The summed E-state index contributed by atoms with van der Waals surface area (Å²) < 4.78 is 5.40. The number of piperazine rings is 1. The van der Waals surface area contributed by atoms with E-state index in [0.717, 1.165) is 37.6 Å². The SMILES string of the molecule is C=CCNCC(=O)N1CCN(c2ccccc2OC)CC1. The van der Waals surface area contributed by atoms with Crippen LogP contribution in [0.1, 0.15) is 0 Å². The first kappa shape index (κ1) is 15.4. The van der Waals surface area contributed by atoms with E-state index in [1.54, 1.807) is 13.2 Å². The van der Waals surface area contributed by atoms with Gasteiger partial charge in [-0.3, -0.25) is 4.79 Å². The van der Waals surface area contributed by atoms with E-state index in [4.69, 9.17) is 4.74 Å². The number of para-hydroxylation sites is 2. The van der Waals surface area contributed by atoms with Crippen molar-refractivity contribution >= 4 is 11.6 Å². The fourth-order valence-corrected chi connectivity index (χ4v) is 2.48. The van der Waals surface area contributed by atoms with Crippen molar-refractivity contribution in [1.29, 1.82) is 0 Å². The molecule has 2 rings (SSSR count). The van der Waals surface area contributed by atoms with Crippen LogP contribution in [0, 0.1) is 0 Å². The first-order chi connectivity index (χ1) is 10.3. The van der Waals surface area contributed by atoms with Gasteiger partial charge in [-0.15, -0.1) is 6.58 Å². The van der Waals surface area contributed by atoms with Gasteiger partial charge in [0, 0.05) is 32.7 Å². The number of methoxy groups -OCH3 is 1. The van der Waals surface area contributed by atoms with E-state index in [-0.39, 0.29) is 5.91 Å². The van der Waals surface area contributed by atoms with Gasteiger partial charge in [-0.25, -0.2) is 0 Å². The number of nitrogens with zero attached hydrogens (tertiary/aromatic N) is 2. The monoisotopic (exact) mass is 289 g/mol. The number of carbonyl (C=O) groups is 1. The molecule has 1 N–H and O–H groups in total. The molecule has 0 bridgehead atoms. The molecular weight excluding hydrogens is 266 g/mol. The maximum atomic E-state index is 12.0. The molecule has 21 heavy (non-hydrogen) atoms. The van der Waals surface area contributed by atoms with E-state index < -0.39 is 0 Å². The average molecular weight is 289 g/mol. The number of benzene rings is 1. The number of hydrogen-bond donors (Lipinski definition) is 1. The molecule has 0 saturated carbocycles. The van der Waals surface area contributed by atoms with Crippen molar-refractivity contribution in [3.05, 3.63) is 36.9 Å². The predicted molar refractivity (Wildman–Crippen MR) is 84.9 cm³/mol. The number of rotatable bonds is 6. The normalized spacial score (nSPS) is 14.9. The number of anilines is 1. The van der Waals surface area contributed by atoms with Crippen LogP contribution in [0.4, 0.5) is 5.69 Å². The van der Waals surface area contributed by atoms with Crippen LogP contribution in [0.5, 0.6) is 5.75 Å². The van der Waals surface area contributed by atoms with Crippen LogP contribution in [-0.4, -0.2) is 57.2 Å². The van der Waals surface area contributed by atoms with Gasteiger partial charge in [0.1, 0.15) is 5.75 Å². The highest BCUT2D eigenvalue weighted by molar-refractivity contribution is 5.78. The maximum Gasteiger partial charge on any atom is 0.236 e. The minimum Gasteiger partial charge on any atom is -0.495 e. The van der Waals surface area contributed by atoms with Crippen LogP contribution in [0.15, 0.2) is 36.9 Å². The molecule has 0 radical (unpaired) electrons. The second-order valence-corrected chi connectivity index (χ2v) is 4.96. The highest BCUT2D eigenvalue weighted by atomic mass is 16.5. The first-order valence-electron chi connectivity index (χ1n) is 7.23. The molecule has 1 amide bonds. The Bertz CT molecular complexity index is 482. The van der Waals surface area contributed by atoms with Crippen LogP contribution in [-0.2, 0) is 4.79 Å². The van der Waals surface area contributed by atoms with Crippen molar-refractivity contribution in [3.8, 4) is 5.75 Å². The van der Waals surface area contributed by atoms with Crippen molar-refractivity contribution in [2.45, 2.75) is 0 Å². The lowest BCUT2D eigenvalue weighted by atomic mass is 10.2. The Kier molecular flexibility index (Phi) is 5.63. The van der Waals surface area contributed by atoms with Crippen molar-refractivity contribution in [1.82, 2.24) is 10.2 Å². The molecule has 1 saturated heterocycles. The van der Waals surface area contributed by atoms with Crippen LogP contribution < -0.4 is 15.0 Å². The largest absolute Gasteiger partial charge is 0.495 e. The smallest absolute Gasteiger partial charge is 0.236 e. The highest BCUT2D eigenvalue weighted by Gasteiger charge is 2.22. The summed E-state index contributed by atoms with van der Waals surface area (Å²) in [6.45, 7) is 7.80. The van der Waals surface area contributed by atoms with E-state index in [9.17, 15) is 4.79 Å². The number of nitrogens with one attached hydrogen (secondary N) is 1. The molecule has 1 aromatic carbocycles. The third-order valence-electron chi connectivity index (χ3n) is 3.62. The van der Waals surface area contributed by atoms with Crippen LogP contribution in [0.3, 0.4) is 0 Å². The molecule has 0 aliphatic carbocycles. The van der Waals surface area contributed by atoms with Crippen LogP contribution in [0.25, 0.3) is 0 Å². The molecule has 1 heterocycles. The molecule has 114 valence electrons. The van der Waals surface area contributed by atoms with Gasteiger partial charge in [-0.1, -0.05) is 18.2 Å². The van der Waals surface area contributed by atoms with Gasteiger partial charge >= 0.3 is 0 Å². The lowest BCUT2D eigenvalue weighted by Gasteiger charge is -2.36. The quantitative estimate of drug-likeness (QED) is 0.630. The predicted octanol–water partition coefficient (Wildman–Crippen LogP) is 1.12. The Labute approximate surface area is 126 Å². The topological polar surface area (TPSA) is 44.8 Å². The fourth-order valence-electron chi connectivity index (χ4n) is 2.48. The Morgan fingerprint density at radius 1 is 1.33 bits per heavy atom. The van der Waals surface area contributed by atoms with Gasteiger partial charge in [0.15, 0.2) is 0 Å². The van der Waals surface area contributed by atoms with Crippen LogP contribution >= 0.6 is 0 Å². The summed E-state index contributed by atoms with van der Waals surface area (Å²) in [4.78, 5) is 16.2. The summed E-state index contributed by atoms with van der Waals surface area (Å²) in [6, 6.07) is 8.00. The zero-order chi connectivity index (χ0) is 15.1. The van der Waals surface area contributed by atoms with Crippen molar-refractivity contribution in [3.63, 3.8) is 0 Å². The molecule has 0 aromatic heterocycles. The molecule has 0 spiro atoms. The first-order valence-corrected chi connectivity index (χ1v) is 7.23. The Hall–Kier alpha value is -2.01. The van der Waals surface area contributed by atoms with E-state index in [1.165, 1.54) is 0 Å². The lowest BCUT2D eigenvalue weighted by Crippen LogP contribution is -2.51. The summed E-state index contributed by atoms with van der Waals surface area (Å²) in [6.07, 6.45) is 1.76. The van der Waals surface area contributed by atoms with E-state index in [0.29, 0.717) is 13.1 Å². The minimum absolute atomic E-state index is 0.150. The van der Waals surface area contributed by atoms with Crippen molar-refractivity contribution in [2.24, 2.45) is 0 Å². The molecular formula is C16H23N3O2. The van der Waals surface area contributed by atoms with Crippen LogP contribution in [0.2, 0.25) is 0 Å². The fraction of sp³-hybridized carbons (Fsp3) is 0.438. The molecule has 1 aliphatic rings. The zero-order valence-electron chi connectivity index (χ0n) is 12.5. The van der Waals surface area contributed by atoms with E-state index in [1.807, 2.05) is 23.1 Å². The van der Waals surface area contributed by atoms with Gasteiger partial charge < -0.3 is 19.9 Å². The Morgan fingerprint density at radius 3 is 2.71 bits per heavy atom. The lowest BCUT2D eigenvalue weighted by molar-refractivity contribution is -0.130. The third-order valence-corrected chi connectivity index (χ3v) is 3.62. The summed E-state index contributed by atoms with van der Waals surface area (Å²) in [5.74, 6) is 1.03. The summed E-state index contributed by atoms with van der Waals surface area (Å²) >= 11 is 0. The number of carbonyl (C=O) groups excluding carboxylic acids is 1. The zero-order valence-corrected chi connectivity index (χ0v) is 12.5. The molecule has 0 unspecified atom stereocenters. The van der Waals surface area contributed by atoms with E-state index in [2.05, 4.69) is 22.9 Å². The van der Waals surface area contributed by atoms with Gasteiger partial charge in [0.25, 0.3) is 0 Å². The summed E-state index contributed by atoms with van der Waals surface area (Å²) in [5.41, 5.74) is 1.09. The second-order valence-electron chi connectivity index (χ2n) is 4.96.